The maximum atomic E-state index is 10.9. The molecule has 21 heavy (non-hydrogen) atoms. The molecule has 0 saturated heterocycles. The topological polar surface area (TPSA) is 127 Å². The maximum absolute atomic E-state index is 10.9. The molecule has 1 atom stereocenters. The Labute approximate surface area is 124 Å². The van der Waals surface area contributed by atoms with Crippen molar-refractivity contribution in [2.24, 2.45) is 0 Å². The van der Waals surface area contributed by atoms with Crippen LogP contribution in [-0.2, 0) is 16.1 Å². The van der Waals surface area contributed by atoms with Crippen molar-refractivity contribution in [1.29, 1.82) is 0 Å². The Hall–Kier alpha value is -2.10. The van der Waals surface area contributed by atoms with E-state index < -0.39 is 22.8 Å². The third-order valence-electron chi connectivity index (χ3n) is 2.64. The van der Waals surface area contributed by atoms with Gasteiger partial charge in [0.05, 0.1) is 0 Å². The summed E-state index contributed by atoms with van der Waals surface area (Å²) in [5, 5.41) is 22.1. The zero-order valence-corrected chi connectivity index (χ0v) is 12.4. The second-order valence-corrected chi connectivity index (χ2v) is 5.39. The number of hydrogen-bond donors (Lipinski definition) is 2. The van der Waals surface area contributed by atoms with Crippen LogP contribution in [0.5, 0.6) is 0 Å². The molecule has 1 heterocycles. The van der Waals surface area contributed by atoms with E-state index in [1.54, 1.807) is 6.92 Å². The number of nitro groups is 1. The minimum atomic E-state index is -1.11. The summed E-state index contributed by atoms with van der Waals surface area (Å²) < 4.78 is 1.46. The van der Waals surface area contributed by atoms with Crippen LogP contribution in [0.3, 0.4) is 0 Å². The first-order chi connectivity index (χ1) is 9.82. The molecule has 1 amide bonds. The minimum Gasteiger partial charge on any atom is -0.480 e. The number of aromatic nitrogens is 2. The number of carbonyl (C=O) groups excluding carboxylic acids is 1. The molecule has 0 aliphatic rings. The zero-order chi connectivity index (χ0) is 16.0. The van der Waals surface area contributed by atoms with Crippen molar-refractivity contribution in [1.82, 2.24) is 14.9 Å². The van der Waals surface area contributed by atoms with Gasteiger partial charge in [0.1, 0.15) is 18.8 Å². The predicted octanol–water partition coefficient (Wildman–Crippen LogP) is 0.422. The molecule has 0 bridgehead atoms. The van der Waals surface area contributed by atoms with E-state index in [1.807, 2.05) is 0 Å². The van der Waals surface area contributed by atoms with E-state index in [0.29, 0.717) is 18.1 Å². The van der Waals surface area contributed by atoms with Gasteiger partial charge in [0.25, 0.3) is 0 Å². The van der Waals surface area contributed by atoms with Crippen LogP contribution in [-0.4, -0.2) is 49.0 Å². The molecule has 0 aliphatic carbocycles. The quantitative estimate of drug-likeness (QED) is 0.404. The van der Waals surface area contributed by atoms with Crippen molar-refractivity contribution < 1.29 is 19.6 Å². The van der Waals surface area contributed by atoms with Gasteiger partial charge in [-0.3, -0.25) is 4.79 Å². The van der Waals surface area contributed by atoms with Gasteiger partial charge in [-0.15, -0.1) is 0 Å². The lowest BCUT2D eigenvalue weighted by Crippen LogP contribution is -2.41. The second kappa shape index (κ2) is 7.62. The Balaban J connectivity index is 2.50. The molecule has 0 radical (unpaired) electrons. The third-order valence-corrected chi connectivity index (χ3v) is 3.68. The van der Waals surface area contributed by atoms with E-state index in [9.17, 15) is 19.7 Å². The van der Waals surface area contributed by atoms with E-state index >= 15 is 0 Å². The van der Waals surface area contributed by atoms with Gasteiger partial charge in [0, 0.05) is 25.4 Å². The molecule has 1 rings (SSSR count). The lowest BCUT2D eigenvalue weighted by atomic mass is 10.3. The van der Waals surface area contributed by atoms with Crippen LogP contribution in [0.4, 0.5) is 5.82 Å². The number of amides is 1. The van der Waals surface area contributed by atoms with Crippen molar-refractivity contribution in [2.75, 3.05) is 11.5 Å². The number of carboxylic acid groups (broad SMARTS) is 1. The number of hydrogen-bond acceptors (Lipinski definition) is 6. The number of nitrogens with one attached hydrogen (secondary N) is 1. The molecule has 0 fully saturated rings. The molecule has 1 unspecified atom stereocenters. The molecule has 1 aromatic rings. The number of nitrogens with zero attached hydrogens (tertiary/aromatic N) is 3. The van der Waals surface area contributed by atoms with Crippen LogP contribution in [0.15, 0.2) is 6.20 Å². The van der Waals surface area contributed by atoms with E-state index in [4.69, 9.17) is 5.11 Å². The highest BCUT2D eigenvalue weighted by Crippen LogP contribution is 2.15. The molecule has 2 N–H and O–H groups in total. The lowest BCUT2D eigenvalue weighted by Gasteiger charge is -2.12. The molecule has 10 heteroatoms. The summed E-state index contributed by atoms with van der Waals surface area (Å²) in [6.45, 7) is 3.26. The Morgan fingerprint density at radius 2 is 2.29 bits per heavy atom. The van der Waals surface area contributed by atoms with Crippen LogP contribution in [0.1, 0.15) is 12.7 Å². The van der Waals surface area contributed by atoms with Crippen molar-refractivity contribution in [2.45, 2.75) is 26.4 Å². The fourth-order valence-corrected chi connectivity index (χ4v) is 2.60. The van der Waals surface area contributed by atoms with Gasteiger partial charge in [0.15, 0.2) is 5.82 Å². The number of imidazole rings is 1. The summed E-state index contributed by atoms with van der Waals surface area (Å²) in [6, 6.07) is -0.966. The predicted molar refractivity (Wildman–Crippen MR) is 76.2 cm³/mol. The largest absolute Gasteiger partial charge is 0.480 e. The summed E-state index contributed by atoms with van der Waals surface area (Å²) in [6.07, 6.45) is 1.19. The van der Waals surface area contributed by atoms with Crippen LogP contribution in [0, 0.1) is 17.0 Å². The molecule has 9 nitrogen and oxygen atoms in total. The molecule has 0 aromatic carbocycles. The number of aryl methyl sites for hydroxylation is 1. The number of rotatable bonds is 8. The number of carboxylic acids is 1. The minimum absolute atomic E-state index is 0.0928. The first kappa shape index (κ1) is 17.0. The lowest BCUT2D eigenvalue weighted by molar-refractivity contribution is -0.392. The Morgan fingerprint density at radius 1 is 1.62 bits per heavy atom. The third kappa shape index (κ3) is 5.06. The average Bonchev–Trinajstić information content (AvgIpc) is 2.74. The average molecular weight is 316 g/mol. The van der Waals surface area contributed by atoms with E-state index in [0.717, 1.165) is 0 Å². The first-order valence-corrected chi connectivity index (χ1v) is 7.22. The van der Waals surface area contributed by atoms with Crippen molar-refractivity contribution in [3.05, 3.63) is 22.1 Å². The van der Waals surface area contributed by atoms with Gasteiger partial charge >= 0.3 is 11.8 Å². The molecule has 116 valence electrons. The Kier molecular flexibility index (Phi) is 6.15. The van der Waals surface area contributed by atoms with Gasteiger partial charge in [-0.2, -0.15) is 11.8 Å². The molecule has 0 saturated carbocycles. The van der Waals surface area contributed by atoms with Crippen molar-refractivity contribution >= 4 is 29.5 Å². The standard InChI is InChI=1S/C11H16N4O5S/c1-7-12-5-10(15(19)20)14(7)3-4-21-6-9(11(17)18)13-8(2)16/h5,9H,3-4,6H2,1-2H3,(H,13,16)(H,17,18). The molecule has 1 aromatic heterocycles. The number of carbonyl (C=O) groups is 2. The van der Waals surface area contributed by atoms with Crippen LogP contribution in [0.2, 0.25) is 0 Å². The molecule has 0 spiro atoms. The van der Waals surface area contributed by atoms with Crippen LogP contribution >= 0.6 is 11.8 Å². The molecule has 0 aliphatic heterocycles. The fourth-order valence-electron chi connectivity index (χ4n) is 1.66. The molecular weight excluding hydrogens is 300 g/mol. The summed E-state index contributed by atoms with van der Waals surface area (Å²) in [4.78, 5) is 36.0. The van der Waals surface area contributed by atoms with Crippen LogP contribution in [0.25, 0.3) is 0 Å². The summed E-state index contributed by atoms with van der Waals surface area (Å²) in [5.41, 5.74) is 0. The Morgan fingerprint density at radius 3 is 2.81 bits per heavy atom. The highest BCUT2D eigenvalue weighted by Gasteiger charge is 2.20. The van der Waals surface area contributed by atoms with Crippen molar-refractivity contribution in [3.8, 4) is 0 Å². The normalized spacial score (nSPS) is 11.9. The maximum Gasteiger partial charge on any atom is 0.342 e. The smallest absolute Gasteiger partial charge is 0.342 e. The monoisotopic (exact) mass is 316 g/mol. The van der Waals surface area contributed by atoms with Gasteiger partial charge in [-0.05, 0) is 4.92 Å². The summed E-state index contributed by atoms with van der Waals surface area (Å²) in [5.74, 6) is -0.423. The molecular formula is C11H16N4O5S. The fraction of sp³-hybridized carbons (Fsp3) is 0.545. The van der Waals surface area contributed by atoms with Gasteiger partial charge < -0.3 is 20.5 Å². The zero-order valence-electron chi connectivity index (χ0n) is 11.6. The summed E-state index contributed by atoms with van der Waals surface area (Å²) >= 11 is 1.29. The number of aliphatic carboxylic acids is 1. The highest BCUT2D eigenvalue weighted by atomic mass is 32.2. The van der Waals surface area contributed by atoms with Crippen molar-refractivity contribution in [3.63, 3.8) is 0 Å². The first-order valence-electron chi connectivity index (χ1n) is 6.07. The van der Waals surface area contributed by atoms with E-state index in [-0.39, 0.29) is 11.6 Å². The highest BCUT2D eigenvalue weighted by molar-refractivity contribution is 7.99. The summed E-state index contributed by atoms with van der Waals surface area (Å²) in [7, 11) is 0. The number of thioether (sulfide) groups is 1. The van der Waals surface area contributed by atoms with E-state index in [2.05, 4.69) is 10.3 Å². The van der Waals surface area contributed by atoms with E-state index in [1.165, 1.54) is 29.4 Å². The second-order valence-electron chi connectivity index (χ2n) is 4.24. The Bertz CT molecular complexity index is 545. The van der Waals surface area contributed by atoms with Crippen LogP contribution < -0.4 is 5.32 Å². The SMILES string of the molecule is CC(=O)NC(CSCCn1c([N+](=O)[O-])cnc1C)C(=O)O. The van der Waals surface area contributed by atoms with Gasteiger partial charge in [-0.1, -0.05) is 0 Å². The van der Waals surface area contributed by atoms with Gasteiger partial charge in [0.2, 0.25) is 5.91 Å². The van der Waals surface area contributed by atoms with Gasteiger partial charge in [-0.25, -0.2) is 14.3 Å².